The number of hydrogen-bond donors (Lipinski definition) is 1. The number of carbonyl (C=O) groups excluding carboxylic acids is 3. The first-order chi connectivity index (χ1) is 20.6. The Labute approximate surface area is 259 Å². The zero-order valence-electron chi connectivity index (χ0n) is 27.0. The van der Waals surface area contributed by atoms with Crippen LogP contribution in [-0.2, 0) is 15.9 Å². The van der Waals surface area contributed by atoms with Crippen LogP contribution in [0.15, 0.2) is 48.7 Å². The fourth-order valence-electron chi connectivity index (χ4n) is 4.95. The first-order valence-corrected chi connectivity index (χ1v) is 14.8. The number of nitrogens with zero attached hydrogens (tertiary/aromatic N) is 4. The predicted octanol–water partition coefficient (Wildman–Crippen LogP) is 5.41. The number of piperazine rings is 1. The zero-order chi connectivity index (χ0) is 32.2. The normalized spacial score (nSPS) is 13.8. The number of pyridine rings is 2. The number of benzene rings is 1. The predicted molar refractivity (Wildman–Crippen MR) is 170 cm³/mol. The molecule has 10 heteroatoms. The van der Waals surface area contributed by atoms with E-state index in [1.54, 1.807) is 29.3 Å². The third-order valence-electron chi connectivity index (χ3n) is 7.15. The van der Waals surface area contributed by atoms with E-state index in [2.05, 4.69) is 15.2 Å². The largest absolute Gasteiger partial charge is 0.465 e. The van der Waals surface area contributed by atoms with Crippen molar-refractivity contribution in [3.8, 4) is 11.3 Å². The molecule has 2 amide bonds. The van der Waals surface area contributed by atoms with Gasteiger partial charge < -0.3 is 24.6 Å². The van der Waals surface area contributed by atoms with Gasteiger partial charge in [0.2, 0.25) is 0 Å². The monoisotopic (exact) mass is 601 g/mol. The van der Waals surface area contributed by atoms with Gasteiger partial charge in [0.25, 0.3) is 5.91 Å². The fourth-order valence-corrected chi connectivity index (χ4v) is 4.95. The third-order valence-corrected chi connectivity index (χ3v) is 7.15. The highest BCUT2D eigenvalue weighted by molar-refractivity contribution is 5.96. The Bertz CT molecular complexity index is 1530. The van der Waals surface area contributed by atoms with E-state index in [4.69, 9.17) is 14.5 Å². The van der Waals surface area contributed by atoms with Gasteiger partial charge in [0, 0.05) is 61.2 Å². The van der Waals surface area contributed by atoms with Crippen LogP contribution < -0.4 is 10.2 Å². The van der Waals surface area contributed by atoms with Crippen molar-refractivity contribution >= 4 is 23.8 Å². The van der Waals surface area contributed by atoms with Crippen LogP contribution >= 0.6 is 0 Å². The summed E-state index contributed by atoms with van der Waals surface area (Å²) in [6.07, 6.45) is 1.90. The molecular weight excluding hydrogens is 558 g/mol. The van der Waals surface area contributed by atoms with E-state index in [1.807, 2.05) is 72.7 Å². The van der Waals surface area contributed by atoms with Gasteiger partial charge in [0.1, 0.15) is 11.4 Å². The Morgan fingerprint density at radius 3 is 2.30 bits per heavy atom. The van der Waals surface area contributed by atoms with Crippen molar-refractivity contribution in [1.82, 2.24) is 20.2 Å². The molecule has 234 valence electrons. The van der Waals surface area contributed by atoms with E-state index in [9.17, 15) is 14.4 Å². The molecule has 3 aromatic rings. The lowest BCUT2D eigenvalue weighted by molar-refractivity contribution is 0.0240. The molecule has 0 unspecified atom stereocenters. The van der Waals surface area contributed by atoms with Crippen molar-refractivity contribution < 1.29 is 23.9 Å². The maximum Gasteiger partial charge on any atom is 0.410 e. The molecule has 1 fully saturated rings. The Balaban J connectivity index is 1.64. The maximum absolute atomic E-state index is 13.3. The minimum atomic E-state index is -0.564. The van der Waals surface area contributed by atoms with Crippen molar-refractivity contribution in [1.29, 1.82) is 0 Å². The van der Waals surface area contributed by atoms with Crippen LogP contribution in [0.25, 0.3) is 11.3 Å². The average molecular weight is 602 g/mol. The van der Waals surface area contributed by atoms with E-state index < -0.39 is 11.1 Å². The summed E-state index contributed by atoms with van der Waals surface area (Å²) in [7, 11) is 1.37. The van der Waals surface area contributed by atoms with Crippen molar-refractivity contribution in [2.45, 2.75) is 66.0 Å². The van der Waals surface area contributed by atoms with Crippen LogP contribution in [0.3, 0.4) is 0 Å². The van der Waals surface area contributed by atoms with E-state index in [0.717, 1.165) is 22.4 Å². The topological polar surface area (TPSA) is 114 Å². The summed E-state index contributed by atoms with van der Waals surface area (Å²) in [6.45, 7) is 15.3. The number of nitrogens with one attached hydrogen (secondary N) is 1. The number of carbonyl (C=O) groups is 3. The van der Waals surface area contributed by atoms with Crippen molar-refractivity contribution in [2.75, 3.05) is 38.2 Å². The molecular formula is C34H43N5O5. The summed E-state index contributed by atoms with van der Waals surface area (Å²) in [6, 6.07) is 13.0. The fraction of sp³-hybridized carbons (Fsp3) is 0.441. The highest BCUT2D eigenvalue weighted by Gasteiger charge is 2.27. The van der Waals surface area contributed by atoms with Gasteiger partial charge in [-0.2, -0.15) is 0 Å². The molecule has 0 atom stereocenters. The van der Waals surface area contributed by atoms with Crippen molar-refractivity contribution in [2.24, 2.45) is 0 Å². The van der Waals surface area contributed by atoms with E-state index in [0.29, 0.717) is 55.2 Å². The van der Waals surface area contributed by atoms with Gasteiger partial charge in [-0.1, -0.05) is 12.1 Å². The molecule has 0 bridgehead atoms. The lowest BCUT2D eigenvalue weighted by atomic mass is 9.98. The molecule has 44 heavy (non-hydrogen) atoms. The Morgan fingerprint density at radius 1 is 0.955 bits per heavy atom. The standard InChI is InChI=1S/C34H43N5O5/c1-22-23(10-9-11-27(22)31(41)43-8)18-26-19-24(12-13-35-26)28-20-25(30(40)37-33(2,3)4)21-29(36-28)38-14-16-39(17-15-38)32(42)44-34(5,6)7/h9-13,19-21H,14-18H2,1-8H3,(H,37,40). The number of methoxy groups -OCH3 is 1. The SMILES string of the molecule is COC(=O)c1cccc(Cc2cc(-c3cc(C(=O)NC(C)(C)C)cc(N4CCN(C(=O)OC(C)(C)C)CC4)n3)ccn2)c1C. The highest BCUT2D eigenvalue weighted by atomic mass is 16.6. The van der Waals surface area contributed by atoms with Gasteiger partial charge in [0.05, 0.1) is 18.4 Å². The number of rotatable bonds is 6. The van der Waals surface area contributed by atoms with Gasteiger partial charge in [0.15, 0.2) is 0 Å². The third kappa shape index (κ3) is 8.33. The van der Waals surface area contributed by atoms with Crippen LogP contribution in [0.2, 0.25) is 0 Å². The van der Waals surface area contributed by atoms with Crippen molar-refractivity contribution in [3.63, 3.8) is 0 Å². The molecule has 1 N–H and O–H groups in total. The molecule has 1 aliphatic heterocycles. The molecule has 2 aromatic heterocycles. The molecule has 4 rings (SSSR count). The van der Waals surface area contributed by atoms with Gasteiger partial charge >= 0.3 is 12.1 Å². The number of amides is 2. The Morgan fingerprint density at radius 2 is 1.66 bits per heavy atom. The van der Waals surface area contributed by atoms with Gasteiger partial charge in [-0.25, -0.2) is 14.6 Å². The van der Waals surface area contributed by atoms with E-state index in [1.165, 1.54) is 7.11 Å². The minimum absolute atomic E-state index is 0.195. The molecule has 1 saturated heterocycles. The maximum atomic E-state index is 13.3. The van der Waals surface area contributed by atoms with Gasteiger partial charge in [-0.05, 0) is 89.9 Å². The van der Waals surface area contributed by atoms with Crippen LogP contribution in [0.1, 0.15) is 79.1 Å². The molecule has 0 saturated carbocycles. The second-order valence-electron chi connectivity index (χ2n) is 13.1. The molecule has 0 spiro atoms. The molecule has 1 aromatic carbocycles. The van der Waals surface area contributed by atoms with Gasteiger partial charge in [-0.15, -0.1) is 0 Å². The lowest BCUT2D eigenvalue weighted by Gasteiger charge is -2.36. The molecule has 0 radical (unpaired) electrons. The van der Waals surface area contributed by atoms with E-state index >= 15 is 0 Å². The van der Waals surface area contributed by atoms with E-state index in [-0.39, 0.29) is 18.0 Å². The average Bonchev–Trinajstić information content (AvgIpc) is 2.96. The smallest absolute Gasteiger partial charge is 0.410 e. The number of esters is 1. The Kier molecular flexibility index (Phi) is 9.61. The summed E-state index contributed by atoms with van der Waals surface area (Å²) < 4.78 is 10.5. The number of aromatic nitrogens is 2. The van der Waals surface area contributed by atoms with Crippen LogP contribution in [0.4, 0.5) is 10.6 Å². The summed E-state index contributed by atoms with van der Waals surface area (Å²) >= 11 is 0. The quantitative estimate of drug-likeness (QED) is 0.373. The highest BCUT2D eigenvalue weighted by Crippen LogP contribution is 2.26. The first kappa shape index (κ1) is 32.4. The zero-order valence-corrected chi connectivity index (χ0v) is 27.0. The van der Waals surface area contributed by atoms with Gasteiger partial charge in [-0.3, -0.25) is 9.78 Å². The van der Waals surface area contributed by atoms with Crippen LogP contribution in [-0.4, -0.2) is 77.3 Å². The summed E-state index contributed by atoms with van der Waals surface area (Å²) in [5, 5.41) is 3.05. The molecule has 10 nitrogen and oxygen atoms in total. The van der Waals surface area contributed by atoms with Crippen LogP contribution in [0.5, 0.6) is 0 Å². The first-order valence-electron chi connectivity index (χ1n) is 14.8. The minimum Gasteiger partial charge on any atom is -0.465 e. The number of anilines is 1. The Hall–Kier alpha value is -4.47. The summed E-state index contributed by atoms with van der Waals surface area (Å²) in [4.78, 5) is 51.5. The van der Waals surface area contributed by atoms with Crippen LogP contribution in [0, 0.1) is 6.92 Å². The number of ether oxygens (including phenoxy) is 2. The number of hydrogen-bond acceptors (Lipinski definition) is 8. The summed E-state index contributed by atoms with van der Waals surface area (Å²) in [5.74, 6) is 0.0877. The second-order valence-corrected chi connectivity index (χ2v) is 13.1. The second kappa shape index (κ2) is 13.0. The lowest BCUT2D eigenvalue weighted by Crippen LogP contribution is -2.50. The summed E-state index contributed by atoms with van der Waals surface area (Å²) in [5.41, 5.74) is 4.10. The molecule has 3 heterocycles. The molecule has 0 aliphatic carbocycles. The molecule has 1 aliphatic rings. The van der Waals surface area contributed by atoms with Crippen molar-refractivity contribution in [3.05, 3.63) is 76.6 Å².